The number of nitrogens with one attached hydrogen (secondary N) is 2. The monoisotopic (exact) mass is 202 g/mol. The maximum atomic E-state index is 10.6. The molecular weight excluding hydrogens is 180 g/mol. The molecule has 4 nitrogen and oxygen atoms in total. The van der Waals surface area contributed by atoms with Crippen LogP contribution in [0.3, 0.4) is 0 Å². The van der Waals surface area contributed by atoms with E-state index in [1.165, 1.54) is 0 Å². The van der Waals surface area contributed by atoms with Crippen LogP contribution >= 0.6 is 0 Å². The fourth-order valence-corrected chi connectivity index (χ4v) is 1.02. The predicted octanol–water partition coefficient (Wildman–Crippen LogP) is 0.685. The minimum atomic E-state index is -0.809. The van der Waals surface area contributed by atoms with E-state index < -0.39 is 12.0 Å². The highest BCUT2D eigenvalue weighted by atomic mass is 16.4. The van der Waals surface area contributed by atoms with Crippen LogP contribution in [0, 0.1) is 5.41 Å². The topological polar surface area (TPSA) is 61.4 Å². The van der Waals surface area contributed by atoms with Crippen molar-refractivity contribution in [1.82, 2.24) is 10.6 Å². The molecule has 0 saturated heterocycles. The summed E-state index contributed by atoms with van der Waals surface area (Å²) in [6.07, 6.45) is 1.04. The molecule has 0 spiro atoms. The smallest absolute Gasteiger partial charge is 0.322 e. The van der Waals surface area contributed by atoms with Crippen molar-refractivity contribution in [3.05, 3.63) is 0 Å². The first kappa shape index (κ1) is 13.4. The van der Waals surface area contributed by atoms with Crippen LogP contribution in [-0.2, 0) is 4.79 Å². The first-order valence-electron chi connectivity index (χ1n) is 4.97. The van der Waals surface area contributed by atoms with Gasteiger partial charge >= 0.3 is 5.97 Å². The normalized spacial score (nSPS) is 14.0. The lowest BCUT2D eigenvalue weighted by Crippen LogP contribution is -2.43. The maximum Gasteiger partial charge on any atom is 0.322 e. The minimum Gasteiger partial charge on any atom is -0.480 e. The Labute approximate surface area is 86.1 Å². The van der Waals surface area contributed by atoms with Gasteiger partial charge in [-0.3, -0.25) is 4.79 Å². The molecule has 0 aromatic carbocycles. The molecule has 14 heavy (non-hydrogen) atoms. The van der Waals surface area contributed by atoms with E-state index in [0.29, 0.717) is 12.0 Å². The molecule has 0 aromatic heterocycles. The van der Waals surface area contributed by atoms with Gasteiger partial charge in [0, 0.05) is 6.54 Å². The van der Waals surface area contributed by atoms with Gasteiger partial charge in [-0.1, -0.05) is 20.8 Å². The van der Waals surface area contributed by atoms with Crippen molar-refractivity contribution in [3.63, 3.8) is 0 Å². The fraction of sp³-hybridized carbons (Fsp3) is 0.900. The van der Waals surface area contributed by atoms with Crippen LogP contribution in [0.4, 0.5) is 0 Å². The summed E-state index contributed by atoms with van der Waals surface area (Å²) >= 11 is 0. The SMILES string of the molecule is CNC(CNCCC(C)(C)C)C(=O)O. The number of carbonyl (C=O) groups is 1. The number of hydrogen-bond donors (Lipinski definition) is 3. The molecule has 0 aromatic rings. The minimum absolute atomic E-state index is 0.297. The van der Waals surface area contributed by atoms with E-state index in [2.05, 4.69) is 31.4 Å². The third-order valence-corrected chi connectivity index (χ3v) is 2.05. The first-order valence-corrected chi connectivity index (χ1v) is 4.97. The molecule has 0 aliphatic carbocycles. The molecule has 0 bridgehead atoms. The zero-order valence-corrected chi connectivity index (χ0v) is 9.55. The lowest BCUT2D eigenvalue weighted by molar-refractivity contribution is -0.139. The number of carboxylic acid groups (broad SMARTS) is 1. The van der Waals surface area contributed by atoms with Crippen LogP contribution in [0.5, 0.6) is 0 Å². The van der Waals surface area contributed by atoms with Crippen LogP contribution in [0.15, 0.2) is 0 Å². The van der Waals surface area contributed by atoms with Gasteiger partial charge in [-0.15, -0.1) is 0 Å². The summed E-state index contributed by atoms with van der Waals surface area (Å²) in [5, 5.41) is 14.6. The van der Waals surface area contributed by atoms with Crippen molar-refractivity contribution in [2.45, 2.75) is 33.2 Å². The van der Waals surface area contributed by atoms with Crippen molar-refractivity contribution in [1.29, 1.82) is 0 Å². The van der Waals surface area contributed by atoms with Gasteiger partial charge < -0.3 is 15.7 Å². The lowest BCUT2D eigenvalue weighted by Gasteiger charge is -2.19. The van der Waals surface area contributed by atoms with Crippen LogP contribution in [0.2, 0.25) is 0 Å². The van der Waals surface area contributed by atoms with Crippen molar-refractivity contribution < 1.29 is 9.90 Å². The number of aliphatic carboxylic acids is 1. The summed E-state index contributed by atoms with van der Waals surface area (Å²) in [6.45, 7) is 7.83. The van der Waals surface area contributed by atoms with E-state index in [1.807, 2.05) is 0 Å². The number of rotatable bonds is 6. The van der Waals surface area contributed by atoms with Gasteiger partial charge in [-0.2, -0.15) is 0 Å². The number of likely N-dealkylation sites (N-methyl/N-ethyl adjacent to an activating group) is 1. The Morgan fingerprint density at radius 2 is 2.00 bits per heavy atom. The third kappa shape index (κ3) is 6.86. The second kappa shape index (κ2) is 5.98. The summed E-state index contributed by atoms with van der Waals surface area (Å²) in [6, 6.07) is -0.491. The zero-order chi connectivity index (χ0) is 11.2. The van der Waals surface area contributed by atoms with E-state index in [1.54, 1.807) is 7.05 Å². The van der Waals surface area contributed by atoms with Gasteiger partial charge in [-0.05, 0) is 25.4 Å². The Kier molecular flexibility index (Phi) is 5.72. The molecule has 0 aliphatic rings. The summed E-state index contributed by atoms with van der Waals surface area (Å²) in [5.74, 6) is -0.809. The van der Waals surface area contributed by atoms with Gasteiger partial charge in [0.15, 0.2) is 0 Å². The van der Waals surface area contributed by atoms with Crippen LogP contribution in [0.25, 0.3) is 0 Å². The molecule has 0 radical (unpaired) electrons. The van der Waals surface area contributed by atoms with E-state index in [0.717, 1.165) is 13.0 Å². The molecule has 1 unspecified atom stereocenters. The van der Waals surface area contributed by atoms with Crippen molar-refractivity contribution in [3.8, 4) is 0 Å². The molecule has 3 N–H and O–H groups in total. The average Bonchev–Trinajstić information content (AvgIpc) is 2.01. The Morgan fingerprint density at radius 1 is 1.43 bits per heavy atom. The van der Waals surface area contributed by atoms with Crippen molar-refractivity contribution in [2.24, 2.45) is 5.41 Å². The van der Waals surface area contributed by atoms with E-state index in [-0.39, 0.29) is 0 Å². The van der Waals surface area contributed by atoms with Gasteiger partial charge in [0.1, 0.15) is 6.04 Å². The van der Waals surface area contributed by atoms with Gasteiger partial charge in [0.25, 0.3) is 0 Å². The fourth-order valence-electron chi connectivity index (χ4n) is 1.02. The maximum absolute atomic E-state index is 10.6. The molecule has 0 rings (SSSR count). The molecule has 1 atom stereocenters. The van der Waals surface area contributed by atoms with Crippen LogP contribution in [0.1, 0.15) is 27.2 Å². The Bertz CT molecular complexity index is 175. The predicted molar refractivity (Wildman–Crippen MR) is 57.4 cm³/mol. The Balaban J connectivity index is 3.58. The Hall–Kier alpha value is -0.610. The molecule has 84 valence electrons. The standard InChI is InChI=1S/C10H22N2O2/c1-10(2,3)5-6-12-7-8(11-4)9(13)14/h8,11-12H,5-7H2,1-4H3,(H,13,14). The number of carboxylic acids is 1. The molecule has 0 heterocycles. The van der Waals surface area contributed by atoms with E-state index in [9.17, 15) is 4.79 Å². The van der Waals surface area contributed by atoms with Crippen molar-refractivity contribution in [2.75, 3.05) is 20.1 Å². The van der Waals surface area contributed by atoms with Crippen molar-refractivity contribution >= 4 is 5.97 Å². The second-order valence-electron chi connectivity index (χ2n) is 4.69. The molecule has 0 saturated carbocycles. The third-order valence-electron chi connectivity index (χ3n) is 2.05. The van der Waals surface area contributed by atoms with E-state index in [4.69, 9.17) is 5.11 Å². The summed E-state index contributed by atoms with van der Waals surface area (Å²) < 4.78 is 0. The summed E-state index contributed by atoms with van der Waals surface area (Å²) in [7, 11) is 1.66. The number of hydrogen-bond acceptors (Lipinski definition) is 3. The average molecular weight is 202 g/mol. The van der Waals surface area contributed by atoms with Crippen LogP contribution in [-0.4, -0.2) is 37.3 Å². The summed E-state index contributed by atoms with van der Waals surface area (Å²) in [5.41, 5.74) is 0.297. The molecule has 0 aliphatic heterocycles. The second-order valence-corrected chi connectivity index (χ2v) is 4.69. The van der Waals surface area contributed by atoms with Crippen LogP contribution < -0.4 is 10.6 Å². The highest BCUT2D eigenvalue weighted by Gasteiger charge is 2.14. The molecule has 0 fully saturated rings. The van der Waals surface area contributed by atoms with E-state index >= 15 is 0 Å². The van der Waals surface area contributed by atoms with Gasteiger partial charge in [0.2, 0.25) is 0 Å². The summed E-state index contributed by atoms with van der Waals surface area (Å²) in [4.78, 5) is 10.6. The highest BCUT2D eigenvalue weighted by Crippen LogP contribution is 2.16. The van der Waals surface area contributed by atoms with Gasteiger partial charge in [-0.25, -0.2) is 0 Å². The highest BCUT2D eigenvalue weighted by molar-refractivity contribution is 5.73. The zero-order valence-electron chi connectivity index (χ0n) is 9.55. The molecular formula is C10H22N2O2. The molecule has 4 heteroatoms. The largest absolute Gasteiger partial charge is 0.480 e. The molecule has 0 amide bonds. The lowest BCUT2D eigenvalue weighted by atomic mass is 9.92. The quantitative estimate of drug-likeness (QED) is 0.554. The van der Waals surface area contributed by atoms with Gasteiger partial charge in [0.05, 0.1) is 0 Å². The Morgan fingerprint density at radius 3 is 2.36 bits per heavy atom. The first-order chi connectivity index (χ1) is 6.37.